The molecule has 0 aromatic carbocycles. The molecule has 12 heterocycles. The molecule has 35 heteroatoms. The number of nitriles is 3. The van der Waals surface area contributed by atoms with Crippen LogP contribution >= 0.6 is 35.6 Å². The summed E-state index contributed by atoms with van der Waals surface area (Å²) in [5.74, 6) is 2.76. The summed E-state index contributed by atoms with van der Waals surface area (Å²) in [5, 5.41) is 32.2. The van der Waals surface area contributed by atoms with Gasteiger partial charge in [-0.2, -0.15) is 20.8 Å². The van der Waals surface area contributed by atoms with Crippen molar-refractivity contribution in [1.82, 2.24) is 64.6 Å². The summed E-state index contributed by atoms with van der Waals surface area (Å²) in [6, 6.07) is 22.8. The van der Waals surface area contributed by atoms with E-state index in [1.807, 2.05) is 27.7 Å². The molecule has 546 valence electrons. The molecule has 0 aliphatic carbocycles. The standard InChI is InChI=1S/C24H25N7O4.C17H23BN2O4.C15H15N5O2.C9H11ClN2O2.C4H4ClN3.ClH/c1-31(2)24(32)18-4-5-20(30-23(18)33-3)29-21-11-19(27-14-28-21)16-10-15(12-25)22(26-13-16)35-17-6-8-34-9-7-17;1-16(2)17(3,4)24-18(23-16)13-9-12(10-19)15(20-11-13)22-14-5-7-21-8-6-14;16-7-10-5-11(13-6-14(17)20-9-19-13)8-18-15(10)22-12-1-3-21-4-2-12;1-12(2)9(13)6-4-5-7(10)11-8(6)14-3;5-3-1-4(6)8-2-7-3;/h4-5,10-11,13-14,17H,6-9H2,1-3H3,(H,27,28,29,30);9,11,14H,5-8H2,1-4H3;5-6,8-9,12H,1-4H2,(H2,17,19,20);4-5H,1-3H3;1-2H,(H2,6,7,8);1H. The lowest BCUT2D eigenvalue weighted by molar-refractivity contribution is 0.00578. The van der Waals surface area contributed by atoms with Crippen molar-refractivity contribution in [3.8, 4) is 70.1 Å². The molecule has 12 rings (SSSR count). The summed E-state index contributed by atoms with van der Waals surface area (Å²) >= 11 is 11.1. The molecule has 4 fully saturated rings. The number of anilines is 4. The van der Waals surface area contributed by atoms with E-state index in [2.05, 4.69) is 78.3 Å². The van der Waals surface area contributed by atoms with Gasteiger partial charge in [-0.25, -0.2) is 49.8 Å². The fourth-order valence-electron chi connectivity index (χ4n) is 9.78. The summed E-state index contributed by atoms with van der Waals surface area (Å²) in [5.41, 5.74) is 15.1. The van der Waals surface area contributed by atoms with E-state index in [-0.39, 0.29) is 54.3 Å². The van der Waals surface area contributed by atoms with Gasteiger partial charge in [0.05, 0.1) is 76.5 Å². The monoisotopic (exact) mass is 1480 g/mol. The van der Waals surface area contributed by atoms with Crippen LogP contribution in [0.2, 0.25) is 10.3 Å². The van der Waals surface area contributed by atoms with Crippen molar-refractivity contribution in [2.45, 2.75) is 95.7 Å². The minimum Gasteiger partial charge on any atom is -0.480 e. The Morgan fingerprint density at radius 3 is 1.36 bits per heavy atom. The van der Waals surface area contributed by atoms with Crippen LogP contribution in [-0.2, 0) is 23.5 Å². The Bertz CT molecular complexity index is 4310. The number of aromatic nitrogens is 11. The molecular formula is C69H79BCl3N19O12. The number of nitrogens with two attached hydrogens (primary N) is 2. The van der Waals surface area contributed by atoms with Gasteiger partial charge in [0.25, 0.3) is 11.8 Å². The number of carbonyl (C=O) groups is 2. The maximum absolute atomic E-state index is 12.3. The van der Waals surface area contributed by atoms with Crippen LogP contribution in [0.5, 0.6) is 29.4 Å². The number of ether oxygens (including phenoxy) is 8. The van der Waals surface area contributed by atoms with E-state index < -0.39 is 18.3 Å². The van der Waals surface area contributed by atoms with E-state index in [9.17, 15) is 25.4 Å². The highest BCUT2D eigenvalue weighted by Crippen LogP contribution is 2.37. The number of carbonyl (C=O) groups excluding carboxylic acids is 2. The number of nitrogens with zero attached hydrogens (tertiary/aromatic N) is 16. The van der Waals surface area contributed by atoms with Crippen molar-refractivity contribution in [2.75, 3.05) is 98.8 Å². The summed E-state index contributed by atoms with van der Waals surface area (Å²) in [6.07, 6.45) is 13.8. The maximum atomic E-state index is 12.3. The zero-order chi connectivity index (χ0) is 74.2. The van der Waals surface area contributed by atoms with Crippen molar-refractivity contribution in [3.63, 3.8) is 0 Å². The average Bonchev–Trinajstić information content (AvgIpc) is 1.61. The van der Waals surface area contributed by atoms with Gasteiger partial charge in [0.1, 0.15) is 117 Å². The third-order valence-corrected chi connectivity index (χ3v) is 16.4. The van der Waals surface area contributed by atoms with Gasteiger partial charge in [0.2, 0.25) is 29.4 Å². The van der Waals surface area contributed by atoms with Crippen LogP contribution in [0.3, 0.4) is 0 Å². The largest absolute Gasteiger partial charge is 0.496 e. The molecule has 0 unspecified atom stereocenters. The van der Waals surface area contributed by atoms with Crippen LogP contribution in [0.1, 0.15) is 104 Å². The van der Waals surface area contributed by atoms with E-state index in [0.29, 0.717) is 141 Å². The second-order valence-electron chi connectivity index (χ2n) is 24.3. The lowest BCUT2D eigenvalue weighted by Gasteiger charge is -2.32. The van der Waals surface area contributed by atoms with Crippen LogP contribution in [0.25, 0.3) is 22.5 Å². The lowest BCUT2D eigenvalue weighted by atomic mass is 9.80. The number of amides is 2. The number of hydrogen-bond donors (Lipinski definition) is 3. The topological polar surface area (TPSA) is 410 Å². The smallest absolute Gasteiger partial charge is 0.480 e. The number of nitrogen functional groups attached to an aromatic ring is 2. The van der Waals surface area contributed by atoms with Crippen molar-refractivity contribution >= 4 is 83.3 Å². The molecule has 0 atom stereocenters. The molecule has 4 saturated heterocycles. The quantitative estimate of drug-likeness (QED) is 0.0490. The average molecular weight is 1480 g/mol. The molecule has 8 aromatic rings. The van der Waals surface area contributed by atoms with Gasteiger partial charge in [-0.05, 0) is 70.2 Å². The predicted octanol–water partition coefficient (Wildman–Crippen LogP) is 8.76. The van der Waals surface area contributed by atoms with Crippen molar-refractivity contribution in [2.24, 2.45) is 0 Å². The molecule has 8 aromatic heterocycles. The second-order valence-corrected chi connectivity index (χ2v) is 25.1. The minimum atomic E-state index is -0.535. The summed E-state index contributed by atoms with van der Waals surface area (Å²) in [4.78, 5) is 71.8. The highest BCUT2D eigenvalue weighted by atomic mass is 35.5. The third kappa shape index (κ3) is 22.8. The van der Waals surface area contributed by atoms with Gasteiger partial charge in [0.15, 0.2) is 0 Å². The van der Waals surface area contributed by atoms with Crippen LogP contribution in [0.4, 0.5) is 23.3 Å². The molecule has 5 N–H and O–H groups in total. The molecule has 0 saturated carbocycles. The van der Waals surface area contributed by atoms with Gasteiger partial charge in [0, 0.05) is 120 Å². The summed E-state index contributed by atoms with van der Waals surface area (Å²) < 4.78 is 55.9. The van der Waals surface area contributed by atoms with E-state index in [1.165, 1.54) is 49.1 Å². The van der Waals surface area contributed by atoms with Gasteiger partial charge < -0.3 is 73.8 Å². The van der Waals surface area contributed by atoms with Gasteiger partial charge in [-0.3, -0.25) is 9.59 Å². The van der Waals surface area contributed by atoms with Gasteiger partial charge >= 0.3 is 7.12 Å². The zero-order valence-electron chi connectivity index (χ0n) is 58.9. The molecule has 2 amide bonds. The highest BCUT2D eigenvalue weighted by Gasteiger charge is 2.52. The molecular weight excluding hydrogens is 1400 g/mol. The molecule has 0 spiro atoms. The Kier molecular flexibility index (Phi) is 30.1. The van der Waals surface area contributed by atoms with Crippen LogP contribution < -0.4 is 45.9 Å². The Morgan fingerprint density at radius 1 is 0.519 bits per heavy atom. The number of pyridine rings is 5. The summed E-state index contributed by atoms with van der Waals surface area (Å²) in [6.45, 7) is 11.9. The first-order valence-corrected chi connectivity index (χ1v) is 33.1. The van der Waals surface area contributed by atoms with Crippen LogP contribution in [0, 0.1) is 34.0 Å². The van der Waals surface area contributed by atoms with Crippen molar-refractivity contribution in [3.05, 3.63) is 136 Å². The SMILES string of the molecule is CC1(C)OB(c2cnc(OC3CCOCC3)c(C#N)c2)OC1(C)C.COc1nc(Cl)ccc1C(=O)N(C)C.COc1nc(Nc2cc(-c3cnc(OC4CCOCC4)c(C#N)c3)ncn2)ccc1C(=O)N(C)C.Cl.N#Cc1cc(-c2cc(N)ncn2)cnc1OC1CCOCC1.Nc1cc(Cl)ncn1. The lowest BCUT2D eigenvalue weighted by Crippen LogP contribution is -2.41. The Hall–Kier alpha value is -10.5. The zero-order valence-corrected chi connectivity index (χ0v) is 61.2. The highest BCUT2D eigenvalue weighted by molar-refractivity contribution is 6.62. The first-order chi connectivity index (χ1) is 49.4. The number of methoxy groups -OCH3 is 2. The van der Waals surface area contributed by atoms with Crippen molar-refractivity contribution < 1.29 is 56.8 Å². The maximum Gasteiger partial charge on any atom is 0.496 e. The number of halogens is 3. The minimum absolute atomic E-state index is 0. The summed E-state index contributed by atoms with van der Waals surface area (Å²) in [7, 11) is 9.01. The van der Waals surface area contributed by atoms with Crippen LogP contribution in [-0.4, -0.2) is 195 Å². The Morgan fingerprint density at radius 2 is 0.933 bits per heavy atom. The Labute approximate surface area is 618 Å². The second kappa shape index (κ2) is 38.7. The number of nitrogens with one attached hydrogen (secondary N) is 1. The first kappa shape index (κ1) is 80.8. The van der Waals surface area contributed by atoms with E-state index in [0.717, 1.165) is 44.0 Å². The molecule has 104 heavy (non-hydrogen) atoms. The van der Waals surface area contributed by atoms with E-state index in [1.54, 1.807) is 101 Å². The molecule has 0 bridgehead atoms. The fraction of sp³-hybridized carbons (Fsp3) is 0.391. The molecule has 4 aliphatic rings. The number of rotatable bonds is 15. The van der Waals surface area contributed by atoms with Gasteiger partial charge in [-0.15, -0.1) is 12.4 Å². The van der Waals surface area contributed by atoms with E-state index >= 15 is 0 Å². The first-order valence-electron chi connectivity index (χ1n) is 32.3. The molecule has 31 nitrogen and oxygen atoms in total. The third-order valence-electron chi connectivity index (χ3n) is 16.0. The van der Waals surface area contributed by atoms with Crippen LogP contribution in [0.15, 0.2) is 98.2 Å². The van der Waals surface area contributed by atoms with Gasteiger partial charge in [-0.1, -0.05) is 23.2 Å². The van der Waals surface area contributed by atoms with E-state index in [4.69, 9.17) is 81.9 Å². The fourth-order valence-corrected chi connectivity index (χ4v) is 10.1. The molecule has 0 radical (unpaired) electrons. The van der Waals surface area contributed by atoms with Crippen molar-refractivity contribution in [1.29, 1.82) is 15.8 Å². The predicted molar refractivity (Wildman–Crippen MR) is 387 cm³/mol. The number of hydrogen-bond acceptors (Lipinski definition) is 29. The Balaban J connectivity index is 0.000000194. The molecule has 4 aliphatic heterocycles. The normalized spacial score (nSPS) is 15.1.